The summed E-state index contributed by atoms with van der Waals surface area (Å²) in [6.07, 6.45) is 0. The summed E-state index contributed by atoms with van der Waals surface area (Å²) >= 11 is 0. The van der Waals surface area contributed by atoms with Crippen LogP contribution in [0.4, 0.5) is 16.2 Å². The number of hydrogen-bond acceptors (Lipinski definition) is 3. The largest absolute Gasteiger partial charge is 0.484 e. The molecule has 2 rings (SSSR count). The highest BCUT2D eigenvalue weighted by molar-refractivity contribution is 5.99. The Morgan fingerprint density at radius 3 is 2.38 bits per heavy atom. The summed E-state index contributed by atoms with van der Waals surface area (Å²) in [5.74, 6) is 0.392. The van der Waals surface area contributed by atoms with Crippen molar-refractivity contribution in [2.75, 3.05) is 23.8 Å². The molecule has 126 valence electrons. The second-order valence-corrected chi connectivity index (χ2v) is 5.22. The van der Waals surface area contributed by atoms with E-state index in [2.05, 4.69) is 16.0 Å². The zero-order valence-corrected chi connectivity index (χ0v) is 13.8. The first-order chi connectivity index (χ1) is 11.6. The number of likely N-dealkylation sites (N-methyl/N-ethyl adjacent to an activating group) is 1. The number of amides is 3. The van der Waals surface area contributed by atoms with Crippen molar-refractivity contribution in [1.29, 1.82) is 0 Å². The van der Waals surface area contributed by atoms with E-state index in [1.807, 2.05) is 38.1 Å². The van der Waals surface area contributed by atoms with Crippen LogP contribution in [0.15, 0.2) is 48.5 Å². The molecule has 0 saturated heterocycles. The molecule has 0 saturated carbocycles. The predicted octanol–water partition coefficient (Wildman–Crippen LogP) is 3.15. The highest BCUT2D eigenvalue weighted by Crippen LogP contribution is 2.16. The van der Waals surface area contributed by atoms with E-state index >= 15 is 0 Å². The summed E-state index contributed by atoms with van der Waals surface area (Å²) in [6, 6.07) is 14.0. The third-order valence-electron chi connectivity index (χ3n) is 3.13. The van der Waals surface area contributed by atoms with Gasteiger partial charge in [-0.25, -0.2) is 4.79 Å². The van der Waals surface area contributed by atoms with Crippen LogP contribution in [0.25, 0.3) is 0 Å². The summed E-state index contributed by atoms with van der Waals surface area (Å²) in [4.78, 5) is 23.3. The van der Waals surface area contributed by atoms with Crippen molar-refractivity contribution in [2.24, 2.45) is 0 Å². The van der Waals surface area contributed by atoms with Crippen LogP contribution in [0.2, 0.25) is 0 Å². The van der Waals surface area contributed by atoms with Crippen molar-refractivity contribution in [2.45, 2.75) is 13.8 Å². The minimum atomic E-state index is -0.323. The van der Waals surface area contributed by atoms with Gasteiger partial charge in [-0.3, -0.25) is 4.79 Å². The maximum Gasteiger partial charge on any atom is 0.323 e. The Morgan fingerprint density at radius 2 is 1.71 bits per heavy atom. The fraction of sp³-hybridized carbons (Fsp3) is 0.222. The number of benzene rings is 2. The van der Waals surface area contributed by atoms with E-state index in [-0.39, 0.29) is 18.5 Å². The lowest BCUT2D eigenvalue weighted by Crippen LogP contribution is -2.28. The van der Waals surface area contributed by atoms with Gasteiger partial charge in [0.05, 0.1) is 0 Å². The molecule has 2 aromatic carbocycles. The number of urea groups is 1. The standard InChI is InChI=1S/C18H21N3O3/c1-3-19-17(22)12-24-16-9-7-14(8-10-16)20-18(23)21-15-6-4-5-13(2)11-15/h4-11H,3,12H2,1-2H3,(H,19,22)(H2,20,21,23). The normalized spacial score (nSPS) is 9.92. The van der Waals surface area contributed by atoms with E-state index in [0.717, 1.165) is 11.3 Å². The van der Waals surface area contributed by atoms with Gasteiger partial charge in [0.2, 0.25) is 0 Å². The van der Waals surface area contributed by atoms with E-state index in [0.29, 0.717) is 18.0 Å². The van der Waals surface area contributed by atoms with Gasteiger partial charge in [-0.1, -0.05) is 12.1 Å². The molecule has 0 spiro atoms. The van der Waals surface area contributed by atoms with Crippen molar-refractivity contribution in [3.8, 4) is 5.75 Å². The molecule has 2 aromatic rings. The van der Waals surface area contributed by atoms with Crippen LogP contribution in [0.3, 0.4) is 0 Å². The molecule has 0 aliphatic rings. The number of carbonyl (C=O) groups excluding carboxylic acids is 2. The molecule has 6 heteroatoms. The smallest absolute Gasteiger partial charge is 0.323 e. The molecule has 0 fully saturated rings. The van der Waals surface area contributed by atoms with Gasteiger partial charge in [0, 0.05) is 17.9 Å². The highest BCUT2D eigenvalue weighted by Gasteiger charge is 2.04. The van der Waals surface area contributed by atoms with Gasteiger partial charge in [0.15, 0.2) is 6.61 Å². The van der Waals surface area contributed by atoms with Gasteiger partial charge >= 0.3 is 6.03 Å². The Balaban J connectivity index is 1.84. The molecule has 0 radical (unpaired) electrons. The maximum atomic E-state index is 12.0. The van der Waals surface area contributed by atoms with Gasteiger partial charge in [-0.05, 0) is 55.8 Å². The summed E-state index contributed by atoms with van der Waals surface area (Å²) in [6.45, 7) is 4.35. The molecule has 3 amide bonds. The Hall–Kier alpha value is -3.02. The number of nitrogens with one attached hydrogen (secondary N) is 3. The van der Waals surface area contributed by atoms with Crippen LogP contribution >= 0.6 is 0 Å². The first kappa shape index (κ1) is 17.3. The van der Waals surface area contributed by atoms with Crippen molar-refractivity contribution in [1.82, 2.24) is 5.32 Å². The fourth-order valence-electron chi connectivity index (χ4n) is 2.05. The van der Waals surface area contributed by atoms with E-state index in [1.54, 1.807) is 24.3 Å². The molecule has 0 aliphatic heterocycles. The van der Waals surface area contributed by atoms with Crippen LogP contribution in [0.1, 0.15) is 12.5 Å². The van der Waals surface area contributed by atoms with Gasteiger partial charge in [0.25, 0.3) is 5.91 Å². The Morgan fingerprint density at radius 1 is 1.00 bits per heavy atom. The van der Waals surface area contributed by atoms with Crippen LogP contribution < -0.4 is 20.7 Å². The molecule has 0 atom stereocenters. The third-order valence-corrected chi connectivity index (χ3v) is 3.13. The molecule has 6 nitrogen and oxygen atoms in total. The SMILES string of the molecule is CCNC(=O)COc1ccc(NC(=O)Nc2cccc(C)c2)cc1. The van der Waals surface area contributed by atoms with Crippen molar-refractivity contribution >= 4 is 23.3 Å². The lowest BCUT2D eigenvalue weighted by Gasteiger charge is -2.09. The van der Waals surface area contributed by atoms with Crippen molar-refractivity contribution in [3.63, 3.8) is 0 Å². The average Bonchev–Trinajstić information content (AvgIpc) is 2.54. The average molecular weight is 327 g/mol. The molecule has 24 heavy (non-hydrogen) atoms. The Kier molecular flexibility index (Phi) is 6.19. The van der Waals surface area contributed by atoms with Gasteiger partial charge in [-0.15, -0.1) is 0 Å². The second kappa shape index (κ2) is 8.57. The van der Waals surface area contributed by atoms with Crippen LogP contribution in [0.5, 0.6) is 5.75 Å². The van der Waals surface area contributed by atoms with Gasteiger partial charge < -0.3 is 20.7 Å². The van der Waals surface area contributed by atoms with E-state index in [1.165, 1.54) is 0 Å². The zero-order chi connectivity index (χ0) is 17.4. The first-order valence-corrected chi connectivity index (χ1v) is 7.71. The fourth-order valence-corrected chi connectivity index (χ4v) is 2.05. The van der Waals surface area contributed by atoms with Crippen LogP contribution in [-0.4, -0.2) is 25.1 Å². The molecule has 0 bridgehead atoms. The van der Waals surface area contributed by atoms with E-state index in [9.17, 15) is 9.59 Å². The van der Waals surface area contributed by atoms with Crippen LogP contribution in [-0.2, 0) is 4.79 Å². The molecular weight excluding hydrogens is 306 g/mol. The topological polar surface area (TPSA) is 79.5 Å². The third kappa shape index (κ3) is 5.64. The summed E-state index contributed by atoms with van der Waals surface area (Å²) in [5, 5.41) is 8.15. The predicted molar refractivity (Wildman–Crippen MR) is 94.4 cm³/mol. The summed E-state index contributed by atoms with van der Waals surface area (Å²) in [5.41, 5.74) is 2.43. The first-order valence-electron chi connectivity index (χ1n) is 7.71. The number of aryl methyl sites for hydroxylation is 1. The Labute approximate surface area is 141 Å². The second-order valence-electron chi connectivity index (χ2n) is 5.22. The molecule has 0 aliphatic carbocycles. The van der Waals surface area contributed by atoms with Crippen molar-refractivity contribution < 1.29 is 14.3 Å². The summed E-state index contributed by atoms with van der Waals surface area (Å²) < 4.78 is 5.35. The van der Waals surface area contributed by atoms with Gasteiger partial charge in [0.1, 0.15) is 5.75 Å². The van der Waals surface area contributed by atoms with Crippen molar-refractivity contribution in [3.05, 3.63) is 54.1 Å². The zero-order valence-electron chi connectivity index (χ0n) is 13.8. The monoisotopic (exact) mass is 327 g/mol. The van der Waals surface area contributed by atoms with Crippen LogP contribution in [0, 0.1) is 6.92 Å². The number of hydrogen-bond donors (Lipinski definition) is 3. The minimum absolute atomic E-state index is 0.0333. The molecule has 3 N–H and O–H groups in total. The Bertz CT molecular complexity index is 699. The van der Waals surface area contributed by atoms with E-state index < -0.39 is 0 Å². The lowest BCUT2D eigenvalue weighted by molar-refractivity contribution is -0.122. The molecule has 0 heterocycles. The quantitative estimate of drug-likeness (QED) is 0.762. The maximum absolute atomic E-state index is 12.0. The van der Waals surface area contributed by atoms with E-state index in [4.69, 9.17) is 4.74 Å². The number of carbonyl (C=O) groups is 2. The molecule has 0 unspecified atom stereocenters. The van der Waals surface area contributed by atoms with Gasteiger partial charge in [-0.2, -0.15) is 0 Å². The summed E-state index contributed by atoms with van der Waals surface area (Å²) in [7, 11) is 0. The number of anilines is 2. The molecule has 0 aromatic heterocycles. The number of ether oxygens (including phenoxy) is 1. The molecular formula is C18H21N3O3. The highest BCUT2D eigenvalue weighted by atomic mass is 16.5. The lowest BCUT2D eigenvalue weighted by atomic mass is 10.2. The number of rotatable bonds is 6. The minimum Gasteiger partial charge on any atom is -0.484 e.